The third-order valence-corrected chi connectivity index (χ3v) is 4.16. The minimum atomic E-state index is -0.870. The fraction of sp³-hybridized carbons (Fsp3) is 0.857. The molecule has 0 unspecified atom stereocenters. The molecule has 1 fully saturated rings. The number of hydrogen-bond acceptors (Lipinski definition) is 3. The van der Waals surface area contributed by atoms with E-state index in [1.165, 1.54) is 0 Å². The molecule has 0 bridgehead atoms. The Balaban J connectivity index is 2.82. The Labute approximate surface area is 110 Å². The first-order valence-electron chi connectivity index (χ1n) is 6.98. The van der Waals surface area contributed by atoms with E-state index in [4.69, 9.17) is 5.11 Å². The lowest BCUT2D eigenvalue weighted by molar-refractivity contribution is -0.143. The summed E-state index contributed by atoms with van der Waals surface area (Å²) in [4.78, 5) is 14.5. The molecule has 1 amide bonds. The van der Waals surface area contributed by atoms with Gasteiger partial charge in [0.05, 0.1) is 6.07 Å². The molecule has 1 N–H and O–H groups in total. The largest absolute Gasteiger partial charge is 0.396 e. The van der Waals surface area contributed by atoms with Crippen molar-refractivity contribution in [1.82, 2.24) is 4.90 Å². The maximum atomic E-state index is 12.6. The Bertz CT molecular complexity index is 314. The summed E-state index contributed by atoms with van der Waals surface area (Å²) >= 11 is 0. The minimum absolute atomic E-state index is 0.0341. The van der Waals surface area contributed by atoms with Crippen molar-refractivity contribution < 1.29 is 9.90 Å². The van der Waals surface area contributed by atoms with Crippen LogP contribution in [0.15, 0.2) is 0 Å². The van der Waals surface area contributed by atoms with E-state index in [1.807, 2.05) is 18.7 Å². The van der Waals surface area contributed by atoms with Gasteiger partial charge in [0.2, 0.25) is 5.91 Å². The molecule has 1 saturated carbocycles. The van der Waals surface area contributed by atoms with Gasteiger partial charge in [-0.25, -0.2) is 0 Å². The van der Waals surface area contributed by atoms with E-state index in [0.29, 0.717) is 25.8 Å². The van der Waals surface area contributed by atoms with Gasteiger partial charge in [-0.1, -0.05) is 13.8 Å². The third kappa shape index (κ3) is 2.84. The maximum Gasteiger partial charge on any atom is 0.243 e. The lowest BCUT2D eigenvalue weighted by atomic mass is 9.80. The summed E-state index contributed by atoms with van der Waals surface area (Å²) in [6, 6.07) is 2.51. The lowest BCUT2D eigenvalue weighted by Gasteiger charge is -2.41. The van der Waals surface area contributed by atoms with Crippen LogP contribution in [0.5, 0.6) is 0 Å². The number of carbonyl (C=O) groups is 1. The number of hydrogen-bond donors (Lipinski definition) is 1. The van der Waals surface area contributed by atoms with Crippen LogP contribution in [0.1, 0.15) is 52.4 Å². The van der Waals surface area contributed by atoms with Crippen molar-refractivity contribution in [2.75, 3.05) is 13.2 Å². The van der Waals surface area contributed by atoms with Crippen molar-refractivity contribution in [3.05, 3.63) is 0 Å². The number of carbonyl (C=O) groups excluding carboxylic acids is 1. The first-order valence-corrected chi connectivity index (χ1v) is 6.98. The average Bonchev–Trinajstić information content (AvgIpc) is 2.34. The lowest BCUT2D eigenvalue weighted by Crippen LogP contribution is -2.51. The molecule has 0 heterocycles. The molecule has 0 aromatic rings. The standard InChI is InChI=1S/C14H24N2O2/c1-3-14(4-2,11-15)13(18)16(9-6-10-17)12-7-5-8-12/h12,17H,3-10H2,1-2H3. The molecule has 4 heteroatoms. The summed E-state index contributed by atoms with van der Waals surface area (Å²) in [6.07, 6.45) is 4.93. The molecule has 0 atom stereocenters. The van der Waals surface area contributed by atoms with Gasteiger partial charge in [0, 0.05) is 19.2 Å². The van der Waals surface area contributed by atoms with E-state index < -0.39 is 5.41 Å². The number of nitriles is 1. The number of nitrogens with zero attached hydrogens (tertiary/aromatic N) is 2. The highest BCUT2D eigenvalue weighted by Crippen LogP contribution is 2.33. The van der Waals surface area contributed by atoms with E-state index in [0.717, 1.165) is 19.3 Å². The Morgan fingerprint density at radius 1 is 1.44 bits per heavy atom. The number of aliphatic hydroxyl groups excluding tert-OH is 1. The van der Waals surface area contributed by atoms with Crippen LogP contribution >= 0.6 is 0 Å². The second-order valence-corrected chi connectivity index (χ2v) is 5.06. The normalized spacial score (nSPS) is 15.9. The van der Waals surface area contributed by atoms with Gasteiger partial charge in [-0.2, -0.15) is 5.26 Å². The molecule has 1 rings (SSSR count). The van der Waals surface area contributed by atoms with Gasteiger partial charge in [-0.05, 0) is 38.5 Å². The molecule has 18 heavy (non-hydrogen) atoms. The van der Waals surface area contributed by atoms with E-state index in [1.54, 1.807) is 0 Å². The van der Waals surface area contributed by atoms with Crippen molar-refractivity contribution >= 4 is 5.91 Å². The van der Waals surface area contributed by atoms with Crippen LogP contribution in [0, 0.1) is 16.7 Å². The van der Waals surface area contributed by atoms with Gasteiger partial charge >= 0.3 is 0 Å². The zero-order chi connectivity index (χ0) is 13.6. The number of aliphatic hydroxyl groups is 1. The van der Waals surface area contributed by atoms with Crippen LogP contribution < -0.4 is 0 Å². The van der Waals surface area contributed by atoms with Crippen molar-refractivity contribution in [3.63, 3.8) is 0 Å². The molecular weight excluding hydrogens is 228 g/mol. The fourth-order valence-electron chi connectivity index (χ4n) is 2.42. The van der Waals surface area contributed by atoms with Gasteiger partial charge in [-0.3, -0.25) is 4.79 Å². The third-order valence-electron chi connectivity index (χ3n) is 4.16. The van der Waals surface area contributed by atoms with Crippen molar-refractivity contribution in [1.29, 1.82) is 5.26 Å². The maximum absolute atomic E-state index is 12.6. The highest BCUT2D eigenvalue weighted by Gasteiger charge is 2.41. The Kier molecular flexibility index (Phi) is 5.61. The molecule has 0 aliphatic heterocycles. The first-order chi connectivity index (χ1) is 8.65. The van der Waals surface area contributed by atoms with Crippen LogP contribution in [-0.4, -0.2) is 35.1 Å². The van der Waals surface area contributed by atoms with Crippen molar-refractivity contribution in [3.8, 4) is 6.07 Å². The summed E-state index contributed by atoms with van der Waals surface area (Å²) in [7, 11) is 0. The molecule has 0 aromatic carbocycles. The van der Waals surface area contributed by atoms with Gasteiger partial charge in [-0.15, -0.1) is 0 Å². The predicted octanol–water partition coefficient (Wildman–Crippen LogP) is 2.08. The van der Waals surface area contributed by atoms with E-state index in [2.05, 4.69) is 6.07 Å². The van der Waals surface area contributed by atoms with Crippen LogP contribution in [-0.2, 0) is 4.79 Å². The zero-order valence-corrected chi connectivity index (χ0v) is 11.5. The average molecular weight is 252 g/mol. The predicted molar refractivity (Wildman–Crippen MR) is 69.7 cm³/mol. The van der Waals surface area contributed by atoms with Crippen molar-refractivity contribution in [2.24, 2.45) is 5.41 Å². The monoisotopic (exact) mass is 252 g/mol. The Morgan fingerprint density at radius 3 is 2.39 bits per heavy atom. The van der Waals surface area contributed by atoms with E-state index in [-0.39, 0.29) is 18.6 Å². The quantitative estimate of drug-likeness (QED) is 0.754. The topological polar surface area (TPSA) is 64.3 Å². The minimum Gasteiger partial charge on any atom is -0.396 e. The highest BCUT2D eigenvalue weighted by molar-refractivity contribution is 5.85. The van der Waals surface area contributed by atoms with Crippen molar-refractivity contribution in [2.45, 2.75) is 58.4 Å². The Hall–Kier alpha value is -1.08. The summed E-state index contributed by atoms with van der Waals surface area (Å²) in [5.41, 5.74) is -0.870. The van der Waals surface area contributed by atoms with Gasteiger partial charge in [0.25, 0.3) is 0 Å². The second kappa shape index (κ2) is 6.75. The van der Waals surface area contributed by atoms with Gasteiger partial charge in [0.15, 0.2) is 0 Å². The fourth-order valence-corrected chi connectivity index (χ4v) is 2.42. The summed E-state index contributed by atoms with van der Waals surface area (Å²) in [5, 5.41) is 18.3. The molecule has 102 valence electrons. The van der Waals surface area contributed by atoms with Crippen LogP contribution in [0.2, 0.25) is 0 Å². The number of rotatable bonds is 7. The molecule has 0 radical (unpaired) electrons. The van der Waals surface area contributed by atoms with E-state index in [9.17, 15) is 10.1 Å². The van der Waals surface area contributed by atoms with Gasteiger partial charge < -0.3 is 10.0 Å². The SMILES string of the molecule is CCC(C#N)(CC)C(=O)N(CCCO)C1CCC1. The molecule has 1 aliphatic rings. The molecule has 0 spiro atoms. The zero-order valence-electron chi connectivity index (χ0n) is 11.5. The molecule has 1 aliphatic carbocycles. The first kappa shape index (κ1) is 15.0. The smallest absolute Gasteiger partial charge is 0.243 e. The molecule has 4 nitrogen and oxygen atoms in total. The highest BCUT2D eigenvalue weighted by atomic mass is 16.3. The van der Waals surface area contributed by atoms with Gasteiger partial charge in [0.1, 0.15) is 5.41 Å². The summed E-state index contributed by atoms with van der Waals surface area (Å²) in [6.45, 7) is 4.46. The summed E-state index contributed by atoms with van der Waals surface area (Å²) < 4.78 is 0. The van der Waals surface area contributed by atoms with Crippen LogP contribution in [0.4, 0.5) is 0 Å². The van der Waals surface area contributed by atoms with Crippen LogP contribution in [0.3, 0.4) is 0 Å². The molecule has 0 saturated heterocycles. The van der Waals surface area contributed by atoms with E-state index >= 15 is 0 Å². The Morgan fingerprint density at radius 2 is 2.06 bits per heavy atom. The second-order valence-electron chi connectivity index (χ2n) is 5.06. The summed E-state index contributed by atoms with van der Waals surface area (Å²) in [5.74, 6) is -0.0341. The molecule has 0 aromatic heterocycles. The number of amides is 1. The molecular formula is C14H24N2O2. The van der Waals surface area contributed by atoms with Crippen LogP contribution in [0.25, 0.3) is 0 Å².